The standard InChI is InChI=1S/C24H27FN4O2/c1-16(22-14-26-29(17(22)2)21-5-3-4-18(25)12-21)27-19-8-10-28(11-9-19)20-6-7-23-24(13-20)31-15-30-23/h3-7,12-14,16,19,27H,8-11,15H2,1-2H3/t16-/m0/s1. The zero-order valence-corrected chi connectivity index (χ0v) is 17.8. The van der Waals surface area contributed by atoms with E-state index in [9.17, 15) is 4.39 Å². The number of piperidine rings is 1. The maximum absolute atomic E-state index is 13.6. The number of anilines is 1. The predicted octanol–water partition coefficient (Wildman–Crippen LogP) is 4.37. The molecule has 0 bridgehead atoms. The molecule has 0 aliphatic carbocycles. The van der Waals surface area contributed by atoms with Crippen molar-refractivity contribution in [3.8, 4) is 17.2 Å². The topological polar surface area (TPSA) is 51.6 Å². The van der Waals surface area contributed by atoms with Gasteiger partial charge in [0, 0.05) is 48.2 Å². The fraction of sp³-hybridized carbons (Fsp3) is 0.375. The van der Waals surface area contributed by atoms with Gasteiger partial charge in [-0.3, -0.25) is 0 Å². The van der Waals surface area contributed by atoms with Crippen LogP contribution in [0.4, 0.5) is 10.1 Å². The van der Waals surface area contributed by atoms with Gasteiger partial charge in [0.05, 0.1) is 11.9 Å². The molecule has 2 aromatic carbocycles. The second-order valence-corrected chi connectivity index (χ2v) is 8.26. The highest BCUT2D eigenvalue weighted by Gasteiger charge is 2.24. The van der Waals surface area contributed by atoms with Crippen LogP contribution in [0.2, 0.25) is 0 Å². The summed E-state index contributed by atoms with van der Waals surface area (Å²) in [5.74, 6) is 1.40. The summed E-state index contributed by atoms with van der Waals surface area (Å²) in [4.78, 5) is 2.40. The summed E-state index contributed by atoms with van der Waals surface area (Å²) in [6.45, 7) is 6.49. The molecule has 1 aromatic heterocycles. The van der Waals surface area contributed by atoms with Crippen LogP contribution >= 0.6 is 0 Å². The monoisotopic (exact) mass is 422 g/mol. The molecule has 0 amide bonds. The predicted molar refractivity (Wildman–Crippen MR) is 118 cm³/mol. The zero-order valence-electron chi connectivity index (χ0n) is 17.8. The molecular formula is C24H27FN4O2. The average Bonchev–Trinajstić information content (AvgIpc) is 3.40. The van der Waals surface area contributed by atoms with Crippen LogP contribution in [-0.4, -0.2) is 35.7 Å². The number of hydrogen-bond donors (Lipinski definition) is 1. The molecule has 0 saturated carbocycles. The highest BCUT2D eigenvalue weighted by Crippen LogP contribution is 2.36. The minimum atomic E-state index is -0.255. The van der Waals surface area contributed by atoms with Gasteiger partial charge >= 0.3 is 0 Å². The van der Waals surface area contributed by atoms with Crippen molar-refractivity contribution in [2.24, 2.45) is 0 Å². The number of rotatable bonds is 5. The van der Waals surface area contributed by atoms with Gasteiger partial charge in [-0.05, 0) is 57.0 Å². The van der Waals surface area contributed by atoms with Gasteiger partial charge in [-0.15, -0.1) is 0 Å². The second kappa shape index (κ2) is 8.23. The summed E-state index contributed by atoms with van der Waals surface area (Å²) in [6.07, 6.45) is 4.02. The molecule has 0 unspecified atom stereocenters. The van der Waals surface area contributed by atoms with E-state index in [2.05, 4.69) is 34.4 Å². The molecular weight excluding hydrogens is 395 g/mol. The molecule has 2 aliphatic heterocycles. The molecule has 3 heterocycles. The van der Waals surface area contributed by atoms with Crippen LogP contribution in [0.1, 0.15) is 37.1 Å². The van der Waals surface area contributed by atoms with Crippen molar-refractivity contribution < 1.29 is 13.9 Å². The Kier molecular flexibility index (Phi) is 5.28. The lowest BCUT2D eigenvalue weighted by molar-refractivity contribution is 0.174. The van der Waals surface area contributed by atoms with Crippen LogP contribution in [0.3, 0.4) is 0 Å². The maximum atomic E-state index is 13.6. The molecule has 1 atom stereocenters. The molecule has 5 rings (SSSR count). The third kappa shape index (κ3) is 3.97. The van der Waals surface area contributed by atoms with Gasteiger partial charge in [-0.2, -0.15) is 5.10 Å². The molecule has 1 fully saturated rings. The summed E-state index contributed by atoms with van der Waals surface area (Å²) in [7, 11) is 0. The molecule has 0 radical (unpaired) electrons. The SMILES string of the molecule is Cc1c([C@H](C)NC2CCN(c3ccc4c(c3)OCO4)CC2)cnn1-c1cccc(F)c1. The Labute approximate surface area is 181 Å². The number of halogens is 1. The van der Waals surface area contributed by atoms with E-state index in [0.717, 1.165) is 54.4 Å². The number of fused-ring (bicyclic) bond motifs is 1. The summed E-state index contributed by atoms with van der Waals surface area (Å²) in [5, 5.41) is 8.27. The highest BCUT2D eigenvalue weighted by molar-refractivity contribution is 5.57. The molecule has 3 aromatic rings. The van der Waals surface area contributed by atoms with E-state index in [0.29, 0.717) is 12.8 Å². The first-order valence-electron chi connectivity index (χ1n) is 10.8. The molecule has 1 saturated heterocycles. The minimum absolute atomic E-state index is 0.171. The van der Waals surface area contributed by atoms with Crippen LogP contribution in [0, 0.1) is 12.7 Å². The van der Waals surface area contributed by atoms with E-state index >= 15 is 0 Å². The molecule has 31 heavy (non-hydrogen) atoms. The fourth-order valence-electron chi connectivity index (χ4n) is 4.55. The first-order valence-corrected chi connectivity index (χ1v) is 10.8. The van der Waals surface area contributed by atoms with Crippen molar-refractivity contribution in [3.05, 3.63) is 65.7 Å². The largest absolute Gasteiger partial charge is 0.454 e. The average molecular weight is 423 g/mol. The number of ether oxygens (including phenoxy) is 2. The van der Waals surface area contributed by atoms with Gasteiger partial charge in [-0.25, -0.2) is 9.07 Å². The van der Waals surface area contributed by atoms with Crippen molar-refractivity contribution in [3.63, 3.8) is 0 Å². The van der Waals surface area contributed by atoms with Crippen molar-refractivity contribution in [2.45, 2.75) is 38.8 Å². The van der Waals surface area contributed by atoms with Gasteiger partial charge in [-0.1, -0.05) is 6.07 Å². The van der Waals surface area contributed by atoms with E-state index < -0.39 is 0 Å². The quantitative estimate of drug-likeness (QED) is 0.662. The van der Waals surface area contributed by atoms with Crippen LogP contribution in [0.5, 0.6) is 11.5 Å². The third-order valence-corrected chi connectivity index (χ3v) is 6.27. The van der Waals surface area contributed by atoms with E-state index in [1.54, 1.807) is 10.7 Å². The Hall–Kier alpha value is -3.06. The van der Waals surface area contributed by atoms with Crippen LogP contribution in [0.15, 0.2) is 48.7 Å². The number of nitrogens with one attached hydrogen (secondary N) is 1. The summed E-state index contributed by atoms with van der Waals surface area (Å²) in [6, 6.07) is 13.3. The lowest BCUT2D eigenvalue weighted by Gasteiger charge is -2.35. The van der Waals surface area contributed by atoms with E-state index in [1.165, 1.54) is 17.8 Å². The summed E-state index contributed by atoms with van der Waals surface area (Å²) < 4.78 is 26.3. The van der Waals surface area contributed by atoms with Gasteiger partial charge in [0.15, 0.2) is 11.5 Å². The first kappa shape index (κ1) is 19.9. The van der Waals surface area contributed by atoms with Crippen molar-refractivity contribution in [1.29, 1.82) is 0 Å². The maximum Gasteiger partial charge on any atom is 0.231 e. The Morgan fingerprint density at radius 1 is 1.06 bits per heavy atom. The van der Waals surface area contributed by atoms with Crippen molar-refractivity contribution in [2.75, 3.05) is 24.8 Å². The zero-order chi connectivity index (χ0) is 21.4. The molecule has 1 N–H and O–H groups in total. The highest BCUT2D eigenvalue weighted by atomic mass is 19.1. The van der Waals surface area contributed by atoms with Crippen molar-refractivity contribution >= 4 is 5.69 Å². The lowest BCUT2D eigenvalue weighted by atomic mass is 10.0. The molecule has 162 valence electrons. The number of aromatic nitrogens is 2. The summed E-state index contributed by atoms with van der Waals surface area (Å²) in [5.41, 5.74) is 4.10. The Balaban J connectivity index is 1.21. The molecule has 0 spiro atoms. The number of benzene rings is 2. The van der Waals surface area contributed by atoms with Crippen LogP contribution < -0.4 is 19.7 Å². The summed E-state index contributed by atoms with van der Waals surface area (Å²) >= 11 is 0. The number of nitrogens with zero attached hydrogens (tertiary/aromatic N) is 3. The number of hydrogen-bond acceptors (Lipinski definition) is 5. The second-order valence-electron chi connectivity index (χ2n) is 8.26. The minimum Gasteiger partial charge on any atom is -0.454 e. The first-order chi connectivity index (χ1) is 15.1. The van der Waals surface area contributed by atoms with Gasteiger partial charge in [0.25, 0.3) is 0 Å². The molecule has 6 nitrogen and oxygen atoms in total. The normalized spacial score (nSPS) is 17.2. The van der Waals surface area contributed by atoms with Crippen molar-refractivity contribution in [1.82, 2.24) is 15.1 Å². The smallest absolute Gasteiger partial charge is 0.231 e. The Morgan fingerprint density at radius 3 is 2.68 bits per heavy atom. The lowest BCUT2D eigenvalue weighted by Crippen LogP contribution is -2.43. The third-order valence-electron chi connectivity index (χ3n) is 6.27. The van der Waals surface area contributed by atoms with Gasteiger partial charge < -0.3 is 19.7 Å². The molecule has 7 heteroatoms. The van der Waals surface area contributed by atoms with E-state index in [-0.39, 0.29) is 11.9 Å². The van der Waals surface area contributed by atoms with Crippen LogP contribution in [0.25, 0.3) is 5.69 Å². The molecule has 2 aliphatic rings. The Bertz CT molecular complexity index is 1080. The fourth-order valence-corrected chi connectivity index (χ4v) is 4.55. The van der Waals surface area contributed by atoms with Gasteiger partial charge in [0.2, 0.25) is 6.79 Å². The van der Waals surface area contributed by atoms with E-state index in [4.69, 9.17) is 9.47 Å². The van der Waals surface area contributed by atoms with Gasteiger partial charge in [0.1, 0.15) is 5.82 Å². The van der Waals surface area contributed by atoms with Crippen LogP contribution in [-0.2, 0) is 0 Å². The Morgan fingerprint density at radius 2 is 1.87 bits per heavy atom. The van der Waals surface area contributed by atoms with E-state index in [1.807, 2.05) is 25.3 Å².